The van der Waals surface area contributed by atoms with E-state index in [1.165, 1.54) is 25.3 Å². The van der Waals surface area contributed by atoms with E-state index in [2.05, 4.69) is 5.32 Å². The number of benzene rings is 2. The molecule has 0 unspecified atom stereocenters. The Labute approximate surface area is 143 Å². The molecule has 24 heavy (non-hydrogen) atoms. The lowest BCUT2D eigenvalue weighted by molar-refractivity contribution is -0.115. The monoisotopic (exact) mass is 349 g/mol. The van der Waals surface area contributed by atoms with Crippen molar-refractivity contribution in [1.29, 1.82) is 0 Å². The molecule has 0 saturated heterocycles. The van der Waals surface area contributed by atoms with Crippen molar-refractivity contribution in [3.8, 4) is 5.75 Å². The average Bonchev–Trinajstić information content (AvgIpc) is 2.56. The highest BCUT2D eigenvalue weighted by atomic mass is 32.2. The second-order valence-corrected chi connectivity index (χ2v) is 7.18. The number of methoxy groups -OCH3 is 1. The molecule has 4 nitrogen and oxygen atoms in total. The van der Waals surface area contributed by atoms with E-state index in [9.17, 15) is 13.4 Å². The summed E-state index contributed by atoms with van der Waals surface area (Å²) in [4.78, 5) is 12.3. The number of amides is 1. The summed E-state index contributed by atoms with van der Waals surface area (Å²) in [5, 5.41) is 2.04. The second-order valence-electron chi connectivity index (χ2n) is 5.43. The van der Waals surface area contributed by atoms with Gasteiger partial charge in [0.25, 0.3) is 0 Å². The minimum atomic E-state index is -1.50. The predicted molar refractivity (Wildman–Crippen MR) is 94.1 cm³/mol. The van der Waals surface area contributed by atoms with Crippen LogP contribution in [0.2, 0.25) is 0 Å². The van der Waals surface area contributed by atoms with Crippen LogP contribution < -0.4 is 10.1 Å². The Morgan fingerprint density at radius 3 is 2.67 bits per heavy atom. The number of nitrogens with one attached hydrogen (secondary N) is 1. The Morgan fingerprint density at radius 2 is 2.00 bits per heavy atom. The number of carbonyl (C=O) groups is 1. The number of anilines is 1. The van der Waals surface area contributed by atoms with Gasteiger partial charge in [-0.15, -0.1) is 0 Å². The van der Waals surface area contributed by atoms with Gasteiger partial charge in [-0.2, -0.15) is 0 Å². The Bertz CT molecular complexity index is 764. The van der Waals surface area contributed by atoms with Crippen LogP contribution in [-0.2, 0) is 21.3 Å². The molecular weight excluding hydrogens is 329 g/mol. The Morgan fingerprint density at radius 1 is 1.29 bits per heavy atom. The number of carbonyl (C=O) groups excluding carboxylic acids is 1. The third-order valence-electron chi connectivity index (χ3n) is 3.71. The summed E-state index contributed by atoms with van der Waals surface area (Å²) in [5.41, 5.74) is 2.09. The molecule has 2 aromatic carbocycles. The van der Waals surface area contributed by atoms with Crippen LogP contribution in [0.15, 0.2) is 42.5 Å². The Kier molecular flexibility index (Phi) is 6.09. The molecule has 0 aromatic heterocycles. The van der Waals surface area contributed by atoms with Gasteiger partial charge in [0, 0.05) is 22.1 Å². The van der Waals surface area contributed by atoms with Gasteiger partial charge < -0.3 is 10.1 Å². The summed E-state index contributed by atoms with van der Waals surface area (Å²) in [5.74, 6) is -0.266. The first-order chi connectivity index (χ1) is 11.4. The highest BCUT2D eigenvalue weighted by molar-refractivity contribution is 7.85. The number of rotatable bonds is 6. The summed E-state index contributed by atoms with van der Waals surface area (Å²) in [6.45, 7) is 3.48. The van der Waals surface area contributed by atoms with Gasteiger partial charge in [0.2, 0.25) is 5.91 Å². The van der Waals surface area contributed by atoms with Crippen LogP contribution >= 0.6 is 0 Å². The number of para-hydroxylation sites is 1. The van der Waals surface area contributed by atoms with Crippen molar-refractivity contribution in [1.82, 2.24) is 0 Å². The fourth-order valence-corrected chi connectivity index (χ4v) is 3.28. The quantitative estimate of drug-likeness (QED) is 0.869. The zero-order valence-electron chi connectivity index (χ0n) is 13.8. The molecule has 128 valence electrons. The molecule has 0 saturated carbocycles. The molecule has 1 amide bonds. The highest BCUT2D eigenvalue weighted by Gasteiger charge is 2.22. The first-order valence-electron chi connectivity index (χ1n) is 7.48. The van der Waals surface area contributed by atoms with E-state index in [0.717, 1.165) is 5.56 Å². The third kappa shape index (κ3) is 4.41. The molecule has 0 bridgehead atoms. The van der Waals surface area contributed by atoms with Crippen LogP contribution in [0, 0.1) is 12.7 Å². The molecule has 0 aliphatic rings. The maximum Gasteiger partial charge on any atom is 0.239 e. The van der Waals surface area contributed by atoms with Crippen molar-refractivity contribution < 1.29 is 18.1 Å². The van der Waals surface area contributed by atoms with E-state index in [1.54, 1.807) is 13.0 Å². The van der Waals surface area contributed by atoms with Crippen LogP contribution in [-0.4, -0.2) is 22.5 Å². The molecule has 0 heterocycles. The maximum absolute atomic E-state index is 13.4. The van der Waals surface area contributed by atoms with Crippen molar-refractivity contribution in [3.63, 3.8) is 0 Å². The topological polar surface area (TPSA) is 55.4 Å². The van der Waals surface area contributed by atoms with Crippen LogP contribution in [0.4, 0.5) is 10.1 Å². The first-order valence-corrected chi connectivity index (χ1v) is 8.86. The molecule has 0 fully saturated rings. The fraction of sp³-hybridized carbons (Fsp3) is 0.278. The number of halogens is 1. The average molecular weight is 349 g/mol. The molecular formula is C18H20FNO3S. The van der Waals surface area contributed by atoms with Crippen molar-refractivity contribution >= 4 is 22.4 Å². The molecule has 2 rings (SSSR count). The smallest absolute Gasteiger partial charge is 0.239 e. The van der Waals surface area contributed by atoms with Crippen LogP contribution in [0.5, 0.6) is 5.75 Å². The minimum absolute atomic E-state index is 0.0449. The summed E-state index contributed by atoms with van der Waals surface area (Å²) in [7, 11) is -0.0387. The number of aryl methyl sites for hydroxylation is 1. The van der Waals surface area contributed by atoms with E-state index >= 15 is 0 Å². The van der Waals surface area contributed by atoms with E-state index in [0.29, 0.717) is 17.0 Å². The van der Waals surface area contributed by atoms with E-state index in [4.69, 9.17) is 4.74 Å². The molecule has 0 aliphatic heterocycles. The highest BCUT2D eigenvalue weighted by Crippen LogP contribution is 2.22. The molecule has 2 atom stereocenters. The molecule has 2 aromatic rings. The van der Waals surface area contributed by atoms with Gasteiger partial charge in [0.05, 0.1) is 12.9 Å². The molecule has 0 spiro atoms. The van der Waals surface area contributed by atoms with E-state index in [1.807, 2.05) is 25.1 Å². The van der Waals surface area contributed by atoms with Gasteiger partial charge in [-0.1, -0.05) is 18.2 Å². The van der Waals surface area contributed by atoms with Crippen molar-refractivity contribution in [3.05, 3.63) is 59.4 Å². The van der Waals surface area contributed by atoms with Crippen molar-refractivity contribution in [2.75, 3.05) is 12.4 Å². The van der Waals surface area contributed by atoms with Gasteiger partial charge in [-0.25, -0.2) is 4.39 Å². The Hall–Kier alpha value is -2.21. The van der Waals surface area contributed by atoms with Gasteiger partial charge in [0.15, 0.2) is 0 Å². The number of hydrogen-bond donors (Lipinski definition) is 1. The third-order valence-corrected chi connectivity index (χ3v) is 5.30. The lowest BCUT2D eigenvalue weighted by Crippen LogP contribution is -2.30. The fourth-order valence-electron chi connectivity index (χ4n) is 2.21. The first kappa shape index (κ1) is 18.1. The van der Waals surface area contributed by atoms with Crippen molar-refractivity contribution in [2.45, 2.75) is 24.9 Å². The van der Waals surface area contributed by atoms with Crippen LogP contribution in [0.25, 0.3) is 0 Å². The molecule has 0 aliphatic carbocycles. The van der Waals surface area contributed by atoms with Gasteiger partial charge in [-0.3, -0.25) is 9.00 Å². The van der Waals surface area contributed by atoms with Gasteiger partial charge in [0.1, 0.15) is 16.8 Å². The lowest BCUT2D eigenvalue weighted by atomic mass is 10.2. The summed E-state index contributed by atoms with van der Waals surface area (Å²) in [6.07, 6.45) is 0. The number of ether oxygens (including phenoxy) is 1. The second kappa shape index (κ2) is 8.06. The minimum Gasteiger partial charge on any atom is -0.496 e. The Balaban J connectivity index is 2.08. The number of hydrogen-bond acceptors (Lipinski definition) is 3. The van der Waals surface area contributed by atoms with Crippen LogP contribution in [0.3, 0.4) is 0 Å². The zero-order valence-corrected chi connectivity index (χ0v) is 14.7. The standard InChI is InChI=1S/C18H20FNO3S/c1-12-6-4-5-7-16(12)20-18(21)13(2)24(22)11-14-10-15(19)8-9-17(14)23-3/h4-10,13H,11H2,1-3H3,(H,20,21)/t13-,24+/m0/s1. The lowest BCUT2D eigenvalue weighted by Gasteiger charge is -2.15. The van der Waals surface area contributed by atoms with E-state index < -0.39 is 21.9 Å². The SMILES string of the molecule is COc1ccc(F)cc1C[S@@](=O)[C@@H](C)C(=O)Nc1ccccc1C. The molecule has 6 heteroatoms. The van der Waals surface area contributed by atoms with Gasteiger partial charge >= 0.3 is 0 Å². The molecule has 1 N–H and O–H groups in total. The maximum atomic E-state index is 13.4. The van der Waals surface area contributed by atoms with Crippen molar-refractivity contribution in [2.24, 2.45) is 0 Å². The van der Waals surface area contributed by atoms with E-state index in [-0.39, 0.29) is 11.7 Å². The van der Waals surface area contributed by atoms with Gasteiger partial charge in [-0.05, 0) is 43.7 Å². The summed E-state index contributed by atoms with van der Waals surface area (Å²) in [6, 6.07) is 11.4. The summed E-state index contributed by atoms with van der Waals surface area (Å²) >= 11 is 0. The predicted octanol–water partition coefficient (Wildman–Crippen LogP) is 3.42. The molecule has 0 radical (unpaired) electrons. The normalized spacial score (nSPS) is 13.2. The largest absolute Gasteiger partial charge is 0.496 e. The van der Waals surface area contributed by atoms with Crippen LogP contribution in [0.1, 0.15) is 18.1 Å². The summed E-state index contributed by atoms with van der Waals surface area (Å²) < 4.78 is 31.0. The zero-order chi connectivity index (χ0) is 17.7.